The molecular weight excluding hydrogens is 334 g/mol. The van der Waals surface area contributed by atoms with Gasteiger partial charge >= 0.3 is 0 Å². The molecule has 1 amide bonds. The molecule has 7 heteroatoms. The maximum atomic E-state index is 12.7. The van der Waals surface area contributed by atoms with Crippen LogP contribution in [0.1, 0.15) is 28.9 Å². The van der Waals surface area contributed by atoms with Crippen LogP contribution in [-0.2, 0) is 0 Å². The molecule has 128 valence electrons. The highest BCUT2D eigenvalue weighted by atomic mass is 32.1. The Kier molecular flexibility index (Phi) is 4.31. The van der Waals surface area contributed by atoms with Crippen molar-refractivity contribution >= 4 is 33.3 Å². The summed E-state index contributed by atoms with van der Waals surface area (Å²) in [5.41, 5.74) is 1.66. The zero-order valence-electron chi connectivity index (χ0n) is 14.0. The van der Waals surface area contributed by atoms with Gasteiger partial charge in [0.15, 0.2) is 5.82 Å². The quantitative estimate of drug-likeness (QED) is 0.784. The van der Waals surface area contributed by atoms with E-state index in [0.717, 1.165) is 47.4 Å². The summed E-state index contributed by atoms with van der Waals surface area (Å²) >= 11 is 1.37. The fourth-order valence-corrected chi connectivity index (χ4v) is 3.99. The zero-order valence-corrected chi connectivity index (χ0v) is 14.8. The molecule has 3 heterocycles. The lowest BCUT2D eigenvalue weighted by molar-refractivity contribution is 0.0931. The lowest BCUT2D eigenvalue weighted by Gasteiger charge is -2.33. The standard InChI is InChI=1S/C18H19N5OS/c1-12-6-7-15-14(10-12)17(22-25-15)18(24)20-13-4-3-9-23(11-13)16-5-2-8-19-21-16/h2,5-8,10,13H,3-4,9,11H2,1H3,(H,20,24). The number of hydrogen-bond acceptors (Lipinski definition) is 6. The molecule has 1 aromatic carbocycles. The molecule has 1 fully saturated rings. The number of aromatic nitrogens is 3. The van der Waals surface area contributed by atoms with Gasteiger partial charge in [-0.1, -0.05) is 11.6 Å². The number of rotatable bonds is 3. The van der Waals surface area contributed by atoms with Gasteiger partial charge in [0, 0.05) is 30.7 Å². The minimum absolute atomic E-state index is 0.0878. The minimum atomic E-state index is -0.0946. The first-order valence-corrected chi connectivity index (χ1v) is 9.17. The molecule has 6 nitrogen and oxygen atoms in total. The number of nitrogens with zero attached hydrogens (tertiary/aromatic N) is 4. The highest BCUT2D eigenvalue weighted by molar-refractivity contribution is 7.13. The second-order valence-corrected chi connectivity index (χ2v) is 7.18. The monoisotopic (exact) mass is 353 g/mol. The van der Waals surface area contributed by atoms with Crippen molar-refractivity contribution in [1.82, 2.24) is 19.9 Å². The van der Waals surface area contributed by atoms with Crippen molar-refractivity contribution in [3.8, 4) is 0 Å². The number of fused-ring (bicyclic) bond motifs is 1. The Balaban J connectivity index is 1.49. The fourth-order valence-electron chi connectivity index (χ4n) is 3.24. The predicted molar refractivity (Wildman–Crippen MR) is 99.1 cm³/mol. The Labute approximate surface area is 150 Å². The van der Waals surface area contributed by atoms with Crippen LogP contribution < -0.4 is 10.2 Å². The third kappa shape index (κ3) is 3.32. The molecule has 4 rings (SSSR count). The van der Waals surface area contributed by atoms with Gasteiger partial charge in [0.05, 0.1) is 4.70 Å². The van der Waals surface area contributed by atoms with Gasteiger partial charge < -0.3 is 10.2 Å². The average Bonchev–Trinajstić information content (AvgIpc) is 3.06. The van der Waals surface area contributed by atoms with Crippen molar-refractivity contribution in [3.63, 3.8) is 0 Å². The van der Waals surface area contributed by atoms with E-state index in [9.17, 15) is 4.79 Å². The van der Waals surface area contributed by atoms with Crippen molar-refractivity contribution in [2.75, 3.05) is 18.0 Å². The lowest BCUT2D eigenvalue weighted by Crippen LogP contribution is -2.48. The number of nitrogens with one attached hydrogen (secondary N) is 1. The van der Waals surface area contributed by atoms with Crippen LogP contribution in [0.2, 0.25) is 0 Å². The summed E-state index contributed by atoms with van der Waals surface area (Å²) in [5.74, 6) is 0.763. The summed E-state index contributed by atoms with van der Waals surface area (Å²) in [5, 5.41) is 12.2. The predicted octanol–water partition coefficient (Wildman–Crippen LogP) is 2.79. The van der Waals surface area contributed by atoms with Crippen LogP contribution in [0.15, 0.2) is 36.5 Å². The van der Waals surface area contributed by atoms with Crippen molar-refractivity contribution in [2.24, 2.45) is 0 Å². The Hall–Kier alpha value is -2.54. The average molecular weight is 353 g/mol. The molecule has 0 radical (unpaired) electrons. The summed E-state index contributed by atoms with van der Waals surface area (Å²) in [4.78, 5) is 14.9. The van der Waals surface area contributed by atoms with E-state index in [-0.39, 0.29) is 11.9 Å². The Morgan fingerprint density at radius 1 is 1.36 bits per heavy atom. The van der Waals surface area contributed by atoms with Gasteiger partial charge in [-0.3, -0.25) is 4.79 Å². The second-order valence-electron chi connectivity index (χ2n) is 6.37. The fraction of sp³-hybridized carbons (Fsp3) is 0.333. The Bertz CT molecular complexity index is 895. The zero-order chi connectivity index (χ0) is 17.2. The van der Waals surface area contributed by atoms with Gasteiger partial charge in [-0.25, -0.2) is 0 Å². The third-order valence-electron chi connectivity index (χ3n) is 4.48. The van der Waals surface area contributed by atoms with Crippen LogP contribution in [0.3, 0.4) is 0 Å². The van der Waals surface area contributed by atoms with Gasteiger partial charge in [-0.05, 0) is 55.6 Å². The summed E-state index contributed by atoms with van der Waals surface area (Å²) in [6, 6.07) is 10.0. The first kappa shape index (κ1) is 16.0. The normalized spacial score (nSPS) is 17.6. The van der Waals surface area contributed by atoms with Crippen molar-refractivity contribution in [2.45, 2.75) is 25.8 Å². The second kappa shape index (κ2) is 6.76. The summed E-state index contributed by atoms with van der Waals surface area (Å²) in [6.07, 6.45) is 3.64. The molecule has 2 aromatic heterocycles. The number of carbonyl (C=O) groups is 1. The van der Waals surface area contributed by atoms with E-state index >= 15 is 0 Å². The number of aryl methyl sites for hydroxylation is 1. The van der Waals surface area contributed by atoms with Gasteiger partial charge in [0.2, 0.25) is 0 Å². The van der Waals surface area contributed by atoms with Crippen molar-refractivity contribution < 1.29 is 4.79 Å². The molecule has 1 unspecified atom stereocenters. The number of amides is 1. The largest absolute Gasteiger partial charge is 0.353 e. The molecule has 1 atom stereocenters. The first-order valence-electron chi connectivity index (χ1n) is 8.40. The Morgan fingerprint density at radius 3 is 3.12 bits per heavy atom. The van der Waals surface area contributed by atoms with Crippen LogP contribution in [0.4, 0.5) is 5.82 Å². The summed E-state index contributed by atoms with van der Waals surface area (Å²) in [7, 11) is 0. The van der Waals surface area contributed by atoms with Gasteiger partial charge in [0.1, 0.15) is 5.69 Å². The molecular formula is C18H19N5OS. The number of hydrogen-bond donors (Lipinski definition) is 1. The van der Waals surface area contributed by atoms with E-state index in [1.807, 2.05) is 37.3 Å². The van der Waals surface area contributed by atoms with Crippen molar-refractivity contribution in [3.05, 3.63) is 47.8 Å². The first-order chi connectivity index (χ1) is 12.2. The molecule has 3 aromatic rings. The van der Waals surface area contributed by atoms with Gasteiger partial charge in [0.25, 0.3) is 5.91 Å². The summed E-state index contributed by atoms with van der Waals surface area (Å²) < 4.78 is 5.41. The number of carbonyl (C=O) groups excluding carboxylic acids is 1. The van der Waals surface area contributed by atoms with E-state index in [4.69, 9.17) is 0 Å². The van der Waals surface area contributed by atoms with E-state index in [0.29, 0.717) is 5.69 Å². The van der Waals surface area contributed by atoms with Crippen molar-refractivity contribution in [1.29, 1.82) is 0 Å². The van der Waals surface area contributed by atoms with Crippen LogP contribution in [-0.4, -0.2) is 39.6 Å². The molecule has 0 bridgehead atoms. The topological polar surface area (TPSA) is 71.0 Å². The number of anilines is 1. The van der Waals surface area contributed by atoms with E-state index < -0.39 is 0 Å². The van der Waals surface area contributed by atoms with Crippen LogP contribution in [0.5, 0.6) is 0 Å². The van der Waals surface area contributed by atoms with Gasteiger partial charge in [-0.15, -0.1) is 5.10 Å². The highest BCUT2D eigenvalue weighted by Crippen LogP contribution is 2.24. The SMILES string of the molecule is Cc1ccc2snc(C(=O)NC3CCCN(c4cccnn4)C3)c2c1. The molecule has 0 saturated carbocycles. The molecule has 1 N–H and O–H groups in total. The van der Waals surface area contributed by atoms with Crippen LogP contribution >= 0.6 is 11.5 Å². The van der Waals surface area contributed by atoms with Crippen LogP contribution in [0.25, 0.3) is 10.1 Å². The number of benzene rings is 1. The smallest absolute Gasteiger partial charge is 0.271 e. The van der Waals surface area contributed by atoms with Gasteiger partial charge in [-0.2, -0.15) is 9.47 Å². The molecule has 0 spiro atoms. The Morgan fingerprint density at radius 2 is 2.28 bits per heavy atom. The molecule has 25 heavy (non-hydrogen) atoms. The molecule has 1 saturated heterocycles. The molecule has 1 aliphatic heterocycles. The maximum absolute atomic E-state index is 12.7. The lowest BCUT2D eigenvalue weighted by atomic mass is 10.1. The van der Waals surface area contributed by atoms with Crippen LogP contribution in [0, 0.1) is 6.92 Å². The molecule has 0 aliphatic carbocycles. The van der Waals surface area contributed by atoms with E-state index in [1.165, 1.54) is 11.5 Å². The minimum Gasteiger partial charge on any atom is -0.353 e. The highest BCUT2D eigenvalue weighted by Gasteiger charge is 2.24. The molecule has 1 aliphatic rings. The van der Waals surface area contributed by atoms with E-state index in [1.54, 1.807) is 6.20 Å². The summed E-state index contributed by atoms with van der Waals surface area (Å²) in [6.45, 7) is 3.70. The maximum Gasteiger partial charge on any atom is 0.271 e. The third-order valence-corrected chi connectivity index (χ3v) is 5.31. The van der Waals surface area contributed by atoms with E-state index in [2.05, 4.69) is 24.8 Å². The number of piperidine rings is 1.